The van der Waals surface area contributed by atoms with E-state index in [1.165, 1.54) is 25.6 Å². The Morgan fingerprint density at radius 2 is 1.85 bits per heavy atom. The average Bonchev–Trinajstić information content (AvgIpc) is 2.70. The molecule has 1 aromatic rings. The zero-order valence-electron chi connectivity index (χ0n) is 10.7. The van der Waals surface area contributed by atoms with Gasteiger partial charge in [-0.1, -0.05) is 0 Å². The standard InChI is InChI=1S/C11H12NO4PS3/c1-15-17(19,16-2)20-7-3-4-8-9(5-7)11(14)12(6-18)10(8)13/h3-5,18H,6H2,1-2H3. The largest absolute Gasteiger partial charge is 0.325 e. The predicted octanol–water partition coefficient (Wildman–Crippen LogP) is 2.78. The highest BCUT2D eigenvalue weighted by Crippen LogP contribution is 2.63. The Bertz CT molecular complexity index is 614. The molecule has 0 N–H and O–H groups in total. The topological polar surface area (TPSA) is 55.8 Å². The van der Waals surface area contributed by atoms with Crippen molar-refractivity contribution in [2.45, 2.75) is 4.90 Å². The zero-order valence-corrected chi connectivity index (χ0v) is 14.2. The first-order valence-corrected chi connectivity index (χ1v) is 10.2. The van der Waals surface area contributed by atoms with E-state index in [2.05, 4.69) is 12.6 Å². The third kappa shape index (κ3) is 2.81. The lowest BCUT2D eigenvalue weighted by Crippen LogP contribution is -2.28. The third-order valence-electron chi connectivity index (χ3n) is 2.75. The smallest absolute Gasteiger partial charge is 0.262 e. The van der Waals surface area contributed by atoms with Gasteiger partial charge >= 0.3 is 0 Å². The SMILES string of the molecule is COP(=S)(OC)Sc1ccc2c(c1)C(=O)N(CS)C2=O. The van der Waals surface area contributed by atoms with Crippen molar-refractivity contribution in [3.63, 3.8) is 0 Å². The van der Waals surface area contributed by atoms with Crippen LogP contribution >= 0.6 is 29.7 Å². The van der Waals surface area contributed by atoms with E-state index in [0.29, 0.717) is 11.1 Å². The molecule has 0 unspecified atom stereocenters. The Balaban J connectivity index is 2.36. The fourth-order valence-corrected chi connectivity index (χ4v) is 5.18. The van der Waals surface area contributed by atoms with E-state index < -0.39 is 5.69 Å². The first kappa shape index (κ1) is 16.0. The van der Waals surface area contributed by atoms with Gasteiger partial charge in [-0.05, 0) is 41.4 Å². The maximum absolute atomic E-state index is 12.1. The van der Waals surface area contributed by atoms with Gasteiger partial charge in [0.1, 0.15) is 0 Å². The number of hydrogen-bond acceptors (Lipinski definition) is 7. The second-order valence-electron chi connectivity index (χ2n) is 3.79. The number of imide groups is 1. The summed E-state index contributed by atoms with van der Waals surface area (Å²) in [4.78, 5) is 25.8. The van der Waals surface area contributed by atoms with E-state index in [4.69, 9.17) is 20.9 Å². The Kier molecular flexibility index (Phi) is 4.94. The highest BCUT2D eigenvalue weighted by Gasteiger charge is 2.35. The van der Waals surface area contributed by atoms with E-state index in [1.807, 2.05) is 0 Å². The number of hydrogen-bond donors (Lipinski definition) is 1. The molecule has 0 bridgehead atoms. The molecular formula is C11H12NO4PS3. The minimum atomic E-state index is -2.46. The Morgan fingerprint density at radius 1 is 1.25 bits per heavy atom. The van der Waals surface area contributed by atoms with E-state index in [-0.39, 0.29) is 17.7 Å². The van der Waals surface area contributed by atoms with Crippen LogP contribution in [0.5, 0.6) is 0 Å². The van der Waals surface area contributed by atoms with Gasteiger partial charge < -0.3 is 9.05 Å². The fraction of sp³-hybridized carbons (Fsp3) is 0.273. The lowest BCUT2D eigenvalue weighted by Gasteiger charge is -2.16. The summed E-state index contributed by atoms with van der Waals surface area (Å²) in [6.45, 7) is 0. The van der Waals surface area contributed by atoms with E-state index >= 15 is 0 Å². The van der Waals surface area contributed by atoms with Crippen LogP contribution < -0.4 is 0 Å². The normalized spacial score (nSPS) is 14.8. The molecule has 0 spiro atoms. The number of amides is 2. The molecule has 20 heavy (non-hydrogen) atoms. The molecule has 0 saturated heterocycles. The van der Waals surface area contributed by atoms with Crippen LogP contribution in [0, 0.1) is 0 Å². The van der Waals surface area contributed by atoms with E-state index in [0.717, 1.165) is 9.80 Å². The van der Waals surface area contributed by atoms with Gasteiger partial charge in [0.25, 0.3) is 17.5 Å². The number of carbonyl (C=O) groups excluding carboxylic acids is 2. The van der Waals surface area contributed by atoms with Crippen LogP contribution in [-0.2, 0) is 20.9 Å². The molecule has 0 saturated carbocycles. The van der Waals surface area contributed by atoms with Crippen molar-refractivity contribution < 1.29 is 18.6 Å². The van der Waals surface area contributed by atoms with Crippen LogP contribution in [0.2, 0.25) is 0 Å². The zero-order chi connectivity index (χ0) is 14.9. The molecule has 1 aliphatic rings. The van der Waals surface area contributed by atoms with Crippen LogP contribution in [0.4, 0.5) is 0 Å². The maximum Gasteiger partial charge on any atom is 0.262 e. The first-order valence-electron chi connectivity index (χ1n) is 5.48. The van der Waals surface area contributed by atoms with Crippen molar-refractivity contribution in [1.82, 2.24) is 4.90 Å². The second-order valence-corrected chi connectivity index (χ2v) is 10.5. The lowest BCUT2D eigenvalue weighted by molar-refractivity contribution is 0.0684. The molecule has 2 rings (SSSR count). The van der Waals surface area contributed by atoms with Crippen molar-refractivity contribution in [1.29, 1.82) is 0 Å². The summed E-state index contributed by atoms with van der Waals surface area (Å²) in [6, 6.07) is 4.99. The van der Waals surface area contributed by atoms with Crippen LogP contribution in [-0.4, -0.2) is 36.8 Å². The van der Waals surface area contributed by atoms with Crippen molar-refractivity contribution in [3.8, 4) is 0 Å². The molecule has 1 aliphatic heterocycles. The number of carbonyl (C=O) groups is 2. The molecule has 0 radical (unpaired) electrons. The molecular weight excluding hydrogens is 337 g/mol. The van der Waals surface area contributed by atoms with Gasteiger partial charge in [-0.15, -0.1) is 0 Å². The molecule has 1 aromatic carbocycles. The fourth-order valence-electron chi connectivity index (χ4n) is 1.73. The summed E-state index contributed by atoms with van der Waals surface area (Å²) in [5, 5.41) is 0. The summed E-state index contributed by atoms with van der Waals surface area (Å²) < 4.78 is 10.4. The molecule has 0 aromatic heterocycles. The molecule has 0 aliphatic carbocycles. The molecule has 2 amide bonds. The van der Waals surface area contributed by atoms with Crippen molar-refractivity contribution in [3.05, 3.63) is 29.3 Å². The van der Waals surface area contributed by atoms with E-state index in [9.17, 15) is 9.59 Å². The number of thiol groups is 1. The number of rotatable bonds is 5. The molecule has 0 fully saturated rings. The van der Waals surface area contributed by atoms with Crippen LogP contribution in [0.1, 0.15) is 20.7 Å². The highest BCUT2D eigenvalue weighted by atomic mass is 32.9. The molecule has 1 heterocycles. The minimum absolute atomic E-state index is 0.0585. The molecule has 5 nitrogen and oxygen atoms in total. The van der Waals surface area contributed by atoms with Gasteiger partial charge in [0.2, 0.25) is 0 Å². The monoisotopic (exact) mass is 349 g/mol. The van der Waals surface area contributed by atoms with Crippen LogP contribution in [0.25, 0.3) is 0 Å². The molecule has 0 atom stereocenters. The lowest BCUT2D eigenvalue weighted by atomic mass is 10.1. The first-order chi connectivity index (χ1) is 9.45. The van der Waals surface area contributed by atoms with Gasteiger partial charge in [-0.3, -0.25) is 14.5 Å². The summed E-state index contributed by atoms with van der Waals surface area (Å²) in [5.41, 5.74) is -1.71. The van der Waals surface area contributed by atoms with Gasteiger partial charge in [0.15, 0.2) is 0 Å². The van der Waals surface area contributed by atoms with Crippen molar-refractivity contribution in [2.24, 2.45) is 0 Å². The summed E-state index contributed by atoms with van der Waals surface area (Å²) in [7, 11) is 2.98. The van der Waals surface area contributed by atoms with Crippen molar-refractivity contribution in [2.75, 3.05) is 20.1 Å². The average molecular weight is 349 g/mol. The highest BCUT2D eigenvalue weighted by molar-refractivity contribution is 8.67. The number of nitrogens with zero attached hydrogens (tertiary/aromatic N) is 1. The third-order valence-corrected chi connectivity index (χ3v) is 8.38. The Morgan fingerprint density at radius 3 is 2.40 bits per heavy atom. The number of benzene rings is 1. The maximum atomic E-state index is 12.1. The van der Waals surface area contributed by atoms with Gasteiger partial charge in [-0.2, -0.15) is 12.6 Å². The Hall–Kier alpha value is -0.370. The van der Waals surface area contributed by atoms with Crippen molar-refractivity contribution >= 4 is 53.3 Å². The second kappa shape index (κ2) is 6.17. The predicted molar refractivity (Wildman–Crippen MR) is 85.0 cm³/mol. The molecule has 108 valence electrons. The van der Waals surface area contributed by atoms with Crippen LogP contribution in [0.3, 0.4) is 0 Å². The van der Waals surface area contributed by atoms with Crippen LogP contribution in [0.15, 0.2) is 23.1 Å². The molecule has 9 heteroatoms. The number of fused-ring (bicyclic) bond motifs is 1. The van der Waals surface area contributed by atoms with Gasteiger partial charge in [0, 0.05) is 19.1 Å². The Labute approximate surface area is 131 Å². The summed E-state index contributed by atoms with van der Waals surface area (Å²) >= 11 is 10.5. The minimum Gasteiger partial charge on any atom is -0.325 e. The van der Waals surface area contributed by atoms with Gasteiger partial charge in [-0.25, -0.2) is 0 Å². The summed E-state index contributed by atoms with van der Waals surface area (Å²) in [6.07, 6.45) is 0. The quantitative estimate of drug-likeness (QED) is 0.501. The summed E-state index contributed by atoms with van der Waals surface area (Å²) in [5.74, 6) is -0.608. The van der Waals surface area contributed by atoms with E-state index in [1.54, 1.807) is 18.2 Å². The van der Waals surface area contributed by atoms with Gasteiger partial charge in [0.05, 0.1) is 17.0 Å².